The molecular weight excluding hydrogens is 260 g/mol. The standard InChI is InChI=1S/C14H10F4O/c1-19-13-8-9(6-7-12(13)15)10-4-2-3-5-11(10)14(16,17)18/h2-8H,1H3. The maximum atomic E-state index is 13.3. The van der Waals surface area contributed by atoms with Crippen molar-refractivity contribution in [1.82, 2.24) is 0 Å². The van der Waals surface area contributed by atoms with E-state index >= 15 is 0 Å². The first-order valence-electron chi connectivity index (χ1n) is 5.43. The van der Waals surface area contributed by atoms with E-state index in [0.29, 0.717) is 0 Å². The molecule has 2 rings (SSSR count). The van der Waals surface area contributed by atoms with Gasteiger partial charge in [-0.15, -0.1) is 0 Å². The summed E-state index contributed by atoms with van der Waals surface area (Å²) in [5, 5.41) is 0. The van der Waals surface area contributed by atoms with E-state index in [1.807, 2.05) is 0 Å². The molecule has 0 atom stereocenters. The molecule has 0 aliphatic rings. The van der Waals surface area contributed by atoms with Crippen molar-refractivity contribution in [2.75, 3.05) is 7.11 Å². The molecule has 0 saturated carbocycles. The van der Waals surface area contributed by atoms with Gasteiger partial charge < -0.3 is 4.74 Å². The highest BCUT2D eigenvalue weighted by Gasteiger charge is 2.33. The summed E-state index contributed by atoms with van der Waals surface area (Å²) in [6.45, 7) is 0. The lowest BCUT2D eigenvalue weighted by Gasteiger charge is -2.13. The van der Waals surface area contributed by atoms with Crippen LogP contribution in [-0.2, 0) is 6.18 Å². The number of alkyl halides is 3. The predicted molar refractivity (Wildman–Crippen MR) is 63.4 cm³/mol. The molecule has 2 aromatic carbocycles. The van der Waals surface area contributed by atoms with Crippen molar-refractivity contribution >= 4 is 0 Å². The highest BCUT2D eigenvalue weighted by molar-refractivity contribution is 5.69. The fraction of sp³-hybridized carbons (Fsp3) is 0.143. The summed E-state index contributed by atoms with van der Waals surface area (Å²) < 4.78 is 56.7. The molecule has 1 nitrogen and oxygen atoms in total. The minimum atomic E-state index is -4.46. The lowest BCUT2D eigenvalue weighted by Crippen LogP contribution is -2.06. The van der Waals surface area contributed by atoms with Gasteiger partial charge in [-0.3, -0.25) is 0 Å². The van der Waals surface area contributed by atoms with Gasteiger partial charge in [0.15, 0.2) is 11.6 Å². The highest BCUT2D eigenvalue weighted by atomic mass is 19.4. The minimum Gasteiger partial charge on any atom is -0.494 e. The Kier molecular flexibility index (Phi) is 3.46. The second-order valence-electron chi connectivity index (χ2n) is 3.89. The molecule has 100 valence electrons. The van der Waals surface area contributed by atoms with Gasteiger partial charge in [0.05, 0.1) is 12.7 Å². The van der Waals surface area contributed by atoms with Crippen LogP contribution in [0.5, 0.6) is 5.75 Å². The zero-order valence-electron chi connectivity index (χ0n) is 9.96. The van der Waals surface area contributed by atoms with Gasteiger partial charge in [0, 0.05) is 0 Å². The van der Waals surface area contributed by atoms with Crippen LogP contribution in [0.25, 0.3) is 11.1 Å². The fourth-order valence-electron chi connectivity index (χ4n) is 1.81. The lowest BCUT2D eigenvalue weighted by molar-refractivity contribution is -0.137. The molecule has 0 radical (unpaired) electrons. The topological polar surface area (TPSA) is 9.23 Å². The third-order valence-electron chi connectivity index (χ3n) is 2.69. The molecule has 19 heavy (non-hydrogen) atoms. The normalized spacial score (nSPS) is 11.4. The van der Waals surface area contributed by atoms with Crippen LogP contribution in [0.4, 0.5) is 17.6 Å². The Morgan fingerprint density at radius 3 is 2.32 bits per heavy atom. The average molecular weight is 270 g/mol. The number of methoxy groups -OCH3 is 1. The van der Waals surface area contributed by atoms with Crippen LogP contribution >= 0.6 is 0 Å². The van der Waals surface area contributed by atoms with E-state index in [9.17, 15) is 17.6 Å². The van der Waals surface area contributed by atoms with Gasteiger partial charge in [0.25, 0.3) is 0 Å². The van der Waals surface area contributed by atoms with Crippen molar-refractivity contribution in [1.29, 1.82) is 0 Å². The van der Waals surface area contributed by atoms with Crippen LogP contribution < -0.4 is 4.74 Å². The number of hydrogen-bond acceptors (Lipinski definition) is 1. The molecule has 5 heteroatoms. The molecule has 0 aliphatic heterocycles. The van der Waals surface area contributed by atoms with Crippen LogP contribution in [0.15, 0.2) is 42.5 Å². The van der Waals surface area contributed by atoms with Crippen molar-refractivity contribution in [3.8, 4) is 16.9 Å². The molecule has 0 N–H and O–H groups in total. The Balaban J connectivity index is 2.59. The van der Waals surface area contributed by atoms with Crippen LogP contribution in [0.2, 0.25) is 0 Å². The Labute approximate surface area is 107 Å². The average Bonchev–Trinajstić information content (AvgIpc) is 2.38. The largest absolute Gasteiger partial charge is 0.494 e. The molecule has 0 aromatic heterocycles. The Bertz CT molecular complexity index is 590. The molecule has 0 amide bonds. The van der Waals surface area contributed by atoms with Crippen molar-refractivity contribution in [3.05, 3.63) is 53.8 Å². The van der Waals surface area contributed by atoms with Crippen LogP contribution in [-0.4, -0.2) is 7.11 Å². The number of ether oxygens (including phenoxy) is 1. The van der Waals surface area contributed by atoms with Crippen molar-refractivity contribution < 1.29 is 22.3 Å². The first-order chi connectivity index (χ1) is 8.93. The van der Waals surface area contributed by atoms with Gasteiger partial charge in [-0.05, 0) is 29.3 Å². The fourth-order valence-corrected chi connectivity index (χ4v) is 1.81. The Morgan fingerprint density at radius 1 is 1.00 bits per heavy atom. The number of rotatable bonds is 2. The van der Waals surface area contributed by atoms with Crippen LogP contribution in [0, 0.1) is 5.82 Å². The van der Waals surface area contributed by atoms with Gasteiger partial charge in [-0.1, -0.05) is 24.3 Å². The van der Waals surface area contributed by atoms with Gasteiger partial charge in [0.1, 0.15) is 0 Å². The van der Waals surface area contributed by atoms with E-state index < -0.39 is 17.6 Å². The summed E-state index contributed by atoms with van der Waals surface area (Å²) in [6.07, 6.45) is -4.46. The van der Waals surface area contributed by atoms with Gasteiger partial charge in [0.2, 0.25) is 0 Å². The Hall–Kier alpha value is -2.04. The van der Waals surface area contributed by atoms with Crippen molar-refractivity contribution in [3.63, 3.8) is 0 Å². The van der Waals surface area contributed by atoms with E-state index in [1.165, 1.54) is 37.4 Å². The maximum absolute atomic E-state index is 13.3. The summed E-state index contributed by atoms with van der Waals surface area (Å²) >= 11 is 0. The van der Waals surface area contributed by atoms with Crippen molar-refractivity contribution in [2.24, 2.45) is 0 Å². The minimum absolute atomic E-state index is 0.00620. The summed E-state index contributed by atoms with van der Waals surface area (Å²) in [5.74, 6) is -0.704. The lowest BCUT2D eigenvalue weighted by atomic mass is 9.99. The first kappa shape index (κ1) is 13.4. The summed E-state index contributed by atoms with van der Waals surface area (Å²) in [7, 11) is 1.26. The summed E-state index contributed by atoms with van der Waals surface area (Å²) in [6, 6.07) is 8.78. The van der Waals surface area contributed by atoms with E-state index in [-0.39, 0.29) is 16.9 Å². The number of benzene rings is 2. The van der Waals surface area contributed by atoms with E-state index in [1.54, 1.807) is 0 Å². The molecule has 2 aromatic rings. The van der Waals surface area contributed by atoms with Gasteiger partial charge in [-0.25, -0.2) is 4.39 Å². The molecule has 0 fully saturated rings. The highest BCUT2D eigenvalue weighted by Crippen LogP contribution is 2.38. The first-order valence-corrected chi connectivity index (χ1v) is 5.43. The van der Waals surface area contributed by atoms with Gasteiger partial charge >= 0.3 is 6.18 Å². The molecule has 0 bridgehead atoms. The molecule has 0 unspecified atom stereocenters. The molecule has 0 aliphatic carbocycles. The van der Waals surface area contributed by atoms with Crippen LogP contribution in [0.1, 0.15) is 5.56 Å². The zero-order valence-corrected chi connectivity index (χ0v) is 9.96. The molecule has 0 heterocycles. The van der Waals surface area contributed by atoms with Gasteiger partial charge in [-0.2, -0.15) is 13.2 Å². The third kappa shape index (κ3) is 2.70. The molecular formula is C14H10F4O. The quantitative estimate of drug-likeness (QED) is 0.729. The molecule has 0 spiro atoms. The smallest absolute Gasteiger partial charge is 0.417 e. The summed E-state index contributed by atoms with van der Waals surface area (Å²) in [4.78, 5) is 0. The Morgan fingerprint density at radius 2 is 1.68 bits per heavy atom. The zero-order chi connectivity index (χ0) is 14.0. The van der Waals surface area contributed by atoms with Crippen molar-refractivity contribution in [2.45, 2.75) is 6.18 Å². The summed E-state index contributed by atoms with van der Waals surface area (Å²) in [5.41, 5.74) is -0.511. The molecule has 0 saturated heterocycles. The maximum Gasteiger partial charge on any atom is 0.417 e. The second kappa shape index (κ2) is 4.91. The number of hydrogen-bond donors (Lipinski definition) is 0. The van der Waals surface area contributed by atoms with E-state index in [4.69, 9.17) is 4.74 Å². The SMILES string of the molecule is COc1cc(-c2ccccc2C(F)(F)F)ccc1F. The monoisotopic (exact) mass is 270 g/mol. The van der Waals surface area contributed by atoms with Crippen LogP contribution in [0.3, 0.4) is 0 Å². The predicted octanol–water partition coefficient (Wildman–Crippen LogP) is 4.52. The third-order valence-corrected chi connectivity index (χ3v) is 2.69. The van der Waals surface area contributed by atoms with E-state index in [2.05, 4.69) is 0 Å². The second-order valence-corrected chi connectivity index (χ2v) is 3.89. The van der Waals surface area contributed by atoms with E-state index in [0.717, 1.165) is 12.1 Å². The number of halogens is 4.